The molecular weight excluding hydrogens is 599 g/mol. The van der Waals surface area contributed by atoms with Gasteiger partial charge >= 0.3 is 18.1 Å². The molecule has 0 aliphatic carbocycles. The van der Waals surface area contributed by atoms with E-state index >= 15 is 0 Å². The lowest BCUT2D eigenvalue weighted by Crippen LogP contribution is -2.37. The Morgan fingerprint density at radius 1 is 1.14 bits per heavy atom. The van der Waals surface area contributed by atoms with E-state index < -0.39 is 42.4 Å². The lowest BCUT2D eigenvalue weighted by Gasteiger charge is -2.24. The summed E-state index contributed by atoms with van der Waals surface area (Å²) in [5.74, 6) is -6.40. The second-order valence-electron chi connectivity index (χ2n) is 10.5. The van der Waals surface area contributed by atoms with E-state index in [2.05, 4.69) is 20.4 Å². The van der Waals surface area contributed by atoms with Crippen molar-refractivity contribution in [3.8, 4) is 11.5 Å². The lowest BCUT2D eigenvalue weighted by atomic mass is 9.76. The molecule has 4 aromatic rings. The van der Waals surface area contributed by atoms with Crippen molar-refractivity contribution in [2.45, 2.75) is 57.2 Å². The van der Waals surface area contributed by atoms with Crippen LogP contribution in [0.5, 0.6) is 0 Å². The SMILES string of the molecule is Cc1cc([C@]2(C)C(=O)Nc3nc(-c4nn(CCC(F)(F)C(F)(F)F)c5cc(Cl)ccc45)nc(N)c32)ccc1CCC(=O)O. The average Bonchev–Trinajstić information content (AvgIpc) is 3.40. The summed E-state index contributed by atoms with van der Waals surface area (Å²) >= 11 is 6.07. The number of aromatic nitrogens is 4. The maximum atomic E-state index is 13.7. The Bertz CT molecular complexity index is 1790. The highest BCUT2D eigenvalue weighted by Gasteiger charge is 2.56. The Kier molecular flexibility index (Phi) is 7.31. The van der Waals surface area contributed by atoms with E-state index in [1.807, 2.05) is 0 Å². The van der Waals surface area contributed by atoms with Gasteiger partial charge in [-0.15, -0.1) is 0 Å². The Morgan fingerprint density at radius 2 is 1.86 bits per heavy atom. The third kappa shape index (κ3) is 5.24. The molecule has 0 radical (unpaired) electrons. The number of carbonyl (C=O) groups is 2. The van der Waals surface area contributed by atoms with E-state index in [-0.39, 0.29) is 45.7 Å². The van der Waals surface area contributed by atoms with Crippen LogP contribution in [0.15, 0.2) is 36.4 Å². The predicted molar refractivity (Wildman–Crippen MR) is 148 cm³/mol. The molecule has 0 fully saturated rings. The monoisotopic (exact) mass is 622 g/mol. The minimum Gasteiger partial charge on any atom is -0.481 e. The second-order valence-corrected chi connectivity index (χ2v) is 10.9. The molecule has 1 atom stereocenters. The van der Waals surface area contributed by atoms with E-state index in [4.69, 9.17) is 22.4 Å². The zero-order valence-corrected chi connectivity index (χ0v) is 23.4. The largest absolute Gasteiger partial charge is 0.481 e. The molecule has 2 aromatic carbocycles. The Labute approximate surface area is 245 Å². The van der Waals surface area contributed by atoms with Gasteiger partial charge in [0, 0.05) is 29.8 Å². The van der Waals surface area contributed by atoms with Crippen LogP contribution in [0.25, 0.3) is 22.4 Å². The summed E-state index contributed by atoms with van der Waals surface area (Å²) in [5, 5.41) is 16.5. The molecule has 9 nitrogen and oxygen atoms in total. The summed E-state index contributed by atoms with van der Waals surface area (Å²) in [5.41, 5.74) is 7.73. The number of benzene rings is 2. The number of nitrogens with one attached hydrogen (secondary N) is 1. The molecule has 1 aliphatic rings. The number of fused-ring (bicyclic) bond motifs is 2. The van der Waals surface area contributed by atoms with Gasteiger partial charge in [0.05, 0.1) is 11.1 Å². The quantitative estimate of drug-likeness (QED) is 0.208. The molecule has 5 rings (SSSR count). The number of anilines is 2. The fourth-order valence-corrected chi connectivity index (χ4v) is 5.35. The van der Waals surface area contributed by atoms with E-state index in [9.17, 15) is 31.5 Å². The summed E-state index contributed by atoms with van der Waals surface area (Å²) in [6.07, 6.45) is -7.02. The van der Waals surface area contributed by atoms with Crippen LogP contribution in [-0.2, 0) is 28.0 Å². The lowest BCUT2D eigenvalue weighted by molar-refractivity contribution is -0.285. The summed E-state index contributed by atoms with van der Waals surface area (Å²) in [7, 11) is 0. The van der Waals surface area contributed by atoms with E-state index in [0.717, 1.165) is 15.8 Å². The standard InChI is InChI=1S/C28H24ClF5N6O3/c1-13-11-15(5-3-14(13)4-8-19(41)42)26(2)20-22(35)36-24(37-23(20)38-25(26)43)21-17-7-6-16(29)12-18(17)40(39-21)10-9-27(30,31)28(32,33)34/h3,5-7,11-12H,4,8-10H2,1-2H3,(H,41,42)(H3,35,36,37,38,43)/t26-/m0/s1. The van der Waals surface area contributed by atoms with Crippen LogP contribution >= 0.6 is 11.6 Å². The van der Waals surface area contributed by atoms with Crippen LogP contribution in [0.3, 0.4) is 0 Å². The molecule has 1 amide bonds. The van der Waals surface area contributed by atoms with E-state index in [1.165, 1.54) is 18.2 Å². The number of alkyl halides is 5. The number of carboxylic acid groups (broad SMARTS) is 1. The van der Waals surface area contributed by atoms with Gasteiger partial charge in [0.25, 0.3) is 0 Å². The number of rotatable bonds is 8. The fourth-order valence-electron chi connectivity index (χ4n) is 5.19. The first-order valence-corrected chi connectivity index (χ1v) is 13.3. The van der Waals surface area contributed by atoms with Gasteiger partial charge in [0.1, 0.15) is 22.7 Å². The van der Waals surface area contributed by atoms with Gasteiger partial charge in [-0.25, -0.2) is 9.97 Å². The molecule has 1 aliphatic heterocycles. The van der Waals surface area contributed by atoms with Crippen molar-refractivity contribution < 1.29 is 36.6 Å². The van der Waals surface area contributed by atoms with Gasteiger partial charge in [-0.2, -0.15) is 27.1 Å². The highest BCUT2D eigenvalue weighted by Crippen LogP contribution is 2.46. The molecule has 0 spiro atoms. The zero-order chi connectivity index (χ0) is 31.5. The van der Waals surface area contributed by atoms with Crippen molar-refractivity contribution in [2.24, 2.45) is 0 Å². The van der Waals surface area contributed by atoms with Crippen molar-refractivity contribution in [1.82, 2.24) is 19.7 Å². The molecule has 0 unspecified atom stereocenters. The van der Waals surface area contributed by atoms with Crippen LogP contribution < -0.4 is 11.1 Å². The van der Waals surface area contributed by atoms with Crippen LogP contribution in [-0.4, -0.2) is 48.8 Å². The number of carbonyl (C=O) groups excluding carboxylic acids is 1. The van der Waals surface area contributed by atoms with Gasteiger partial charge in [-0.3, -0.25) is 14.3 Å². The molecule has 15 heteroatoms. The van der Waals surface area contributed by atoms with Gasteiger partial charge in [0.2, 0.25) is 5.91 Å². The van der Waals surface area contributed by atoms with Gasteiger partial charge in [-0.1, -0.05) is 29.8 Å². The number of aryl methyl sites for hydroxylation is 3. The van der Waals surface area contributed by atoms with Crippen molar-refractivity contribution in [3.05, 3.63) is 63.7 Å². The van der Waals surface area contributed by atoms with Crippen molar-refractivity contribution >= 4 is 46.0 Å². The first-order valence-electron chi connectivity index (χ1n) is 12.9. The summed E-state index contributed by atoms with van der Waals surface area (Å²) in [6, 6.07) is 9.60. The molecule has 2 aromatic heterocycles. The average molecular weight is 623 g/mol. The van der Waals surface area contributed by atoms with Crippen LogP contribution in [0.1, 0.15) is 42.0 Å². The first-order chi connectivity index (χ1) is 20.0. The Morgan fingerprint density at radius 3 is 2.51 bits per heavy atom. The number of halogens is 6. The molecule has 0 saturated carbocycles. The maximum Gasteiger partial charge on any atom is 0.453 e. The smallest absolute Gasteiger partial charge is 0.453 e. The third-order valence-electron chi connectivity index (χ3n) is 7.63. The van der Waals surface area contributed by atoms with Crippen molar-refractivity contribution in [1.29, 1.82) is 0 Å². The Hall–Kier alpha value is -4.33. The number of hydrogen-bond acceptors (Lipinski definition) is 6. The number of hydrogen-bond donors (Lipinski definition) is 3. The summed E-state index contributed by atoms with van der Waals surface area (Å²) in [4.78, 5) is 33.2. The number of carboxylic acids is 1. The van der Waals surface area contributed by atoms with Gasteiger partial charge in [0.15, 0.2) is 5.82 Å². The fraction of sp³-hybridized carbons (Fsp3) is 0.321. The minimum atomic E-state index is -5.73. The first kappa shape index (κ1) is 30.1. The van der Waals surface area contributed by atoms with Crippen molar-refractivity contribution in [2.75, 3.05) is 11.1 Å². The highest BCUT2D eigenvalue weighted by molar-refractivity contribution is 6.31. The second kappa shape index (κ2) is 10.4. The number of aliphatic carboxylic acids is 1. The Balaban J connectivity index is 1.55. The molecule has 4 N–H and O–H groups in total. The summed E-state index contributed by atoms with van der Waals surface area (Å²) < 4.78 is 66.7. The van der Waals surface area contributed by atoms with Gasteiger partial charge in [-0.05, 0) is 55.2 Å². The zero-order valence-electron chi connectivity index (χ0n) is 22.7. The topological polar surface area (TPSA) is 136 Å². The minimum absolute atomic E-state index is 0.0398. The molecule has 0 bridgehead atoms. The molecule has 226 valence electrons. The summed E-state index contributed by atoms with van der Waals surface area (Å²) in [6.45, 7) is 2.66. The normalized spacial score (nSPS) is 16.9. The third-order valence-corrected chi connectivity index (χ3v) is 7.86. The molecule has 0 saturated heterocycles. The number of nitrogens with zero attached hydrogens (tertiary/aromatic N) is 4. The van der Waals surface area contributed by atoms with Crippen LogP contribution in [0, 0.1) is 6.92 Å². The van der Waals surface area contributed by atoms with E-state index in [1.54, 1.807) is 32.0 Å². The number of amides is 1. The van der Waals surface area contributed by atoms with Crippen LogP contribution in [0.4, 0.5) is 33.6 Å². The van der Waals surface area contributed by atoms with Crippen LogP contribution in [0.2, 0.25) is 5.02 Å². The number of nitrogen functional groups attached to an aromatic ring is 1. The predicted octanol–water partition coefficient (Wildman–Crippen LogP) is 5.90. The van der Waals surface area contributed by atoms with Gasteiger partial charge < -0.3 is 16.2 Å². The van der Waals surface area contributed by atoms with E-state index in [0.29, 0.717) is 17.4 Å². The molecule has 43 heavy (non-hydrogen) atoms. The van der Waals surface area contributed by atoms with Crippen molar-refractivity contribution in [3.63, 3.8) is 0 Å². The highest BCUT2D eigenvalue weighted by atomic mass is 35.5. The number of nitrogens with two attached hydrogens (primary N) is 1. The molecular formula is C28H24ClF5N6O3. The maximum absolute atomic E-state index is 13.7. The molecule has 3 heterocycles.